The van der Waals surface area contributed by atoms with Crippen molar-refractivity contribution in [1.82, 2.24) is 11.1 Å². The maximum absolute atomic E-state index is 12.3. The van der Waals surface area contributed by atoms with E-state index in [4.69, 9.17) is 5.41 Å². The Morgan fingerprint density at radius 3 is 2.26 bits per heavy atom. The number of benzene rings is 1. The zero-order valence-electron chi connectivity index (χ0n) is 14.8. The Hall–Kier alpha value is -2.46. The highest BCUT2D eigenvalue weighted by Crippen LogP contribution is 2.22. The number of anilines is 1. The van der Waals surface area contributed by atoms with Gasteiger partial charge in [0.15, 0.2) is 0 Å². The monoisotopic (exact) mass is 394 g/mol. The van der Waals surface area contributed by atoms with Crippen LogP contribution in [0.5, 0.6) is 0 Å². The first-order valence-electron chi connectivity index (χ1n) is 7.93. The molecule has 0 radical (unpaired) electrons. The highest BCUT2D eigenvalue weighted by atomic mass is 32.1. The topological polar surface area (TPSA) is 184 Å². The summed E-state index contributed by atoms with van der Waals surface area (Å²) in [6.07, 6.45) is 4.22. The molecule has 1 fully saturated rings. The molecule has 3 rings (SSSR count). The number of Topliss-reactive ketones (excluding diaryl/α,β-unsaturated/α-hetero) is 1. The van der Waals surface area contributed by atoms with Gasteiger partial charge < -0.3 is 27.4 Å². The minimum Gasteiger partial charge on any atom is -0.412 e. The maximum atomic E-state index is 12.3. The second kappa shape index (κ2) is 10.6. The molecule has 1 aliphatic rings. The third kappa shape index (κ3) is 5.76. The van der Waals surface area contributed by atoms with Crippen molar-refractivity contribution in [3.05, 3.63) is 58.0 Å². The average molecular weight is 394 g/mol. The zero-order valence-corrected chi connectivity index (χ0v) is 15.7. The van der Waals surface area contributed by atoms with Crippen molar-refractivity contribution >= 4 is 29.8 Å². The number of hydrogen-bond donors (Lipinski definition) is 5. The molecule has 2 aromatic rings. The predicted octanol–water partition coefficient (Wildman–Crippen LogP) is 1.52. The van der Waals surface area contributed by atoms with Crippen LogP contribution < -0.4 is 17.0 Å². The largest absolute Gasteiger partial charge is 0.412 e. The molecule has 0 bridgehead atoms. The van der Waals surface area contributed by atoms with Gasteiger partial charge >= 0.3 is 0 Å². The summed E-state index contributed by atoms with van der Waals surface area (Å²) in [6.45, 7) is 0. The molecule has 10 N–H and O–H groups in total. The maximum Gasteiger partial charge on any atom is 0.259 e. The summed E-state index contributed by atoms with van der Waals surface area (Å²) in [7, 11) is 0. The lowest BCUT2D eigenvalue weighted by atomic mass is 9.93. The molecule has 9 heteroatoms. The Bertz CT molecular complexity index is 826. The van der Waals surface area contributed by atoms with E-state index in [0.717, 1.165) is 17.7 Å². The average Bonchev–Trinajstić information content (AvgIpc) is 2.57. The van der Waals surface area contributed by atoms with Crippen LogP contribution in [0.15, 0.2) is 46.2 Å². The van der Waals surface area contributed by atoms with Gasteiger partial charge in [-0.15, -0.1) is 12.6 Å². The van der Waals surface area contributed by atoms with Crippen LogP contribution in [0.1, 0.15) is 36.8 Å². The van der Waals surface area contributed by atoms with Crippen molar-refractivity contribution in [3.8, 4) is 0 Å². The first-order chi connectivity index (χ1) is 11.5. The van der Waals surface area contributed by atoms with Crippen LogP contribution in [0, 0.1) is 5.41 Å². The molecule has 1 aromatic carbocycles. The van der Waals surface area contributed by atoms with E-state index in [1.165, 1.54) is 0 Å². The smallest absolute Gasteiger partial charge is 0.259 e. The molecule has 0 amide bonds. The quantitative estimate of drug-likeness (QED) is 0.389. The second-order valence-corrected chi connectivity index (χ2v) is 6.49. The van der Waals surface area contributed by atoms with Gasteiger partial charge in [-0.25, -0.2) is 0 Å². The highest BCUT2D eigenvalue weighted by molar-refractivity contribution is 7.80. The van der Waals surface area contributed by atoms with Crippen LogP contribution in [0.3, 0.4) is 0 Å². The summed E-state index contributed by atoms with van der Waals surface area (Å²) in [5.74, 6) is 0.291. The van der Waals surface area contributed by atoms with Gasteiger partial charge in [0.05, 0.1) is 17.0 Å². The number of pyridine rings is 1. The molecule has 0 atom stereocenters. The number of H-pyrrole nitrogens is 1. The fourth-order valence-electron chi connectivity index (χ4n) is 2.92. The van der Waals surface area contributed by atoms with Crippen molar-refractivity contribution in [2.75, 3.05) is 5.32 Å². The van der Waals surface area contributed by atoms with Gasteiger partial charge in [0, 0.05) is 35.5 Å². The summed E-state index contributed by atoms with van der Waals surface area (Å²) in [4.78, 5) is 27.1. The van der Waals surface area contributed by atoms with E-state index in [2.05, 4.69) is 22.9 Å². The Kier molecular flexibility index (Phi) is 9.66. The molecule has 148 valence electrons. The van der Waals surface area contributed by atoms with E-state index in [-0.39, 0.29) is 34.4 Å². The van der Waals surface area contributed by atoms with E-state index in [9.17, 15) is 9.59 Å². The zero-order chi connectivity index (χ0) is 17.1. The highest BCUT2D eigenvalue weighted by Gasteiger charge is 2.21. The molecule has 0 spiro atoms. The Morgan fingerprint density at radius 1 is 1.07 bits per heavy atom. The van der Waals surface area contributed by atoms with Crippen LogP contribution in [0.2, 0.25) is 0 Å². The molecule has 1 heterocycles. The molecule has 27 heavy (non-hydrogen) atoms. The first-order valence-corrected chi connectivity index (χ1v) is 8.37. The van der Waals surface area contributed by atoms with Gasteiger partial charge in [0.2, 0.25) is 0 Å². The Balaban J connectivity index is 0.00000225. The third-order valence-corrected chi connectivity index (χ3v) is 4.57. The lowest BCUT2D eigenvalue weighted by molar-refractivity contribution is -0.120. The number of nitrogens with one attached hydrogen (secondary N) is 3. The predicted molar refractivity (Wildman–Crippen MR) is 110 cm³/mol. The van der Waals surface area contributed by atoms with Gasteiger partial charge in [-0.2, -0.15) is 0 Å². The van der Waals surface area contributed by atoms with E-state index < -0.39 is 0 Å². The van der Waals surface area contributed by atoms with Crippen LogP contribution in [0.4, 0.5) is 5.69 Å². The number of carbonyl (C=O) groups is 1. The standard InChI is InChI=1S/C18H19N3O2S.H3N.2H2O/c19-17(11-1-7-14(24)8-2-11)16-15(9-10-20-18(16)23)21-12-3-5-13(22)6-4-12;;;/h1-2,7-10,12,19,24H,3-6H2,(H2,20,21,23);1H3;2*1H2. The fourth-order valence-corrected chi connectivity index (χ4v) is 3.07. The van der Waals surface area contributed by atoms with Crippen molar-refractivity contribution in [2.24, 2.45) is 0 Å². The van der Waals surface area contributed by atoms with E-state index in [1.54, 1.807) is 36.5 Å². The molecule has 8 nitrogen and oxygen atoms in total. The number of aromatic nitrogens is 1. The summed E-state index contributed by atoms with van der Waals surface area (Å²) < 4.78 is 0. The van der Waals surface area contributed by atoms with Crippen LogP contribution in [-0.4, -0.2) is 33.5 Å². The summed E-state index contributed by atoms with van der Waals surface area (Å²) in [6, 6.07) is 9.07. The normalized spacial score (nSPS) is 13.6. The lowest BCUT2D eigenvalue weighted by Gasteiger charge is -2.24. The Morgan fingerprint density at radius 2 is 1.67 bits per heavy atom. The number of ketones is 1. The van der Waals surface area contributed by atoms with Crippen LogP contribution >= 0.6 is 12.6 Å². The molecule has 0 saturated heterocycles. The van der Waals surface area contributed by atoms with Crippen molar-refractivity contribution in [1.29, 1.82) is 5.41 Å². The first kappa shape index (κ1) is 24.5. The van der Waals surface area contributed by atoms with E-state index in [0.29, 0.717) is 35.4 Å². The fraction of sp³-hybridized carbons (Fsp3) is 0.278. The molecule has 0 unspecified atom stereocenters. The van der Waals surface area contributed by atoms with Crippen molar-refractivity contribution in [2.45, 2.75) is 36.6 Å². The van der Waals surface area contributed by atoms with Gasteiger partial charge in [0.25, 0.3) is 5.56 Å². The SMILES string of the molecule is N.N=C(c1ccc(S)cc1)c1c(NC2CCC(=O)CC2)cc[nH]c1=O.O.O. The van der Waals surface area contributed by atoms with Crippen LogP contribution in [0.25, 0.3) is 0 Å². The van der Waals surface area contributed by atoms with Crippen LogP contribution in [-0.2, 0) is 4.79 Å². The molecular formula is C18H26N4O4S. The van der Waals surface area contributed by atoms with Gasteiger partial charge in [-0.1, -0.05) is 12.1 Å². The number of rotatable bonds is 4. The van der Waals surface area contributed by atoms with E-state index in [1.807, 2.05) is 0 Å². The third-order valence-electron chi connectivity index (χ3n) is 4.27. The summed E-state index contributed by atoms with van der Waals surface area (Å²) >= 11 is 4.24. The molecule has 1 aliphatic carbocycles. The molecule has 1 aromatic heterocycles. The van der Waals surface area contributed by atoms with Crippen molar-refractivity contribution < 1.29 is 15.7 Å². The van der Waals surface area contributed by atoms with Gasteiger partial charge in [-0.05, 0) is 31.0 Å². The minimum absolute atomic E-state index is 0. The molecule has 1 saturated carbocycles. The van der Waals surface area contributed by atoms with Gasteiger partial charge in [-0.3, -0.25) is 15.0 Å². The number of carbonyl (C=O) groups excluding carboxylic acids is 1. The lowest BCUT2D eigenvalue weighted by Crippen LogP contribution is -2.29. The van der Waals surface area contributed by atoms with Gasteiger partial charge in [0.1, 0.15) is 5.78 Å². The molecule has 0 aliphatic heterocycles. The second-order valence-electron chi connectivity index (χ2n) is 5.97. The minimum atomic E-state index is -0.299. The number of hydrogen-bond acceptors (Lipinski definition) is 6. The molecular weight excluding hydrogens is 368 g/mol. The van der Waals surface area contributed by atoms with E-state index >= 15 is 0 Å². The summed E-state index contributed by atoms with van der Waals surface area (Å²) in [5, 5.41) is 11.8. The summed E-state index contributed by atoms with van der Waals surface area (Å²) in [5.41, 5.74) is 1.48. The number of aromatic amines is 1. The van der Waals surface area contributed by atoms with Crippen molar-refractivity contribution in [3.63, 3.8) is 0 Å². The number of thiol groups is 1. The Labute approximate surface area is 162 Å².